The van der Waals surface area contributed by atoms with Gasteiger partial charge in [-0.1, -0.05) is 19.1 Å². The highest BCUT2D eigenvalue weighted by Crippen LogP contribution is 2.25. The minimum Gasteiger partial charge on any atom is -0.496 e. The molecule has 6 heteroatoms. The third kappa shape index (κ3) is 3.90. The molecule has 1 N–H and O–H groups in total. The molecule has 0 amide bonds. The van der Waals surface area contributed by atoms with Crippen molar-refractivity contribution in [2.24, 2.45) is 0 Å². The number of benzene rings is 2. The molecule has 0 fully saturated rings. The molecule has 0 saturated carbocycles. The molecular formula is C17H19NO4S. The van der Waals surface area contributed by atoms with Gasteiger partial charge in [0.1, 0.15) is 5.75 Å². The minimum absolute atomic E-state index is 0.107. The molecule has 2 aromatic rings. The molecule has 0 spiro atoms. The van der Waals surface area contributed by atoms with Crippen LogP contribution in [0, 0.1) is 0 Å². The second-order valence-corrected chi connectivity index (χ2v) is 6.75. The van der Waals surface area contributed by atoms with E-state index in [1.165, 1.54) is 31.2 Å². The predicted molar refractivity (Wildman–Crippen MR) is 89.6 cm³/mol. The Hall–Kier alpha value is -2.34. The zero-order valence-electron chi connectivity index (χ0n) is 13.3. The largest absolute Gasteiger partial charge is 0.496 e. The SMILES string of the molecule is CCc1cc(NS(=O)(=O)c2ccc(C(C)=O)cc2)ccc1OC. The van der Waals surface area contributed by atoms with Crippen LogP contribution >= 0.6 is 0 Å². The molecule has 5 nitrogen and oxygen atoms in total. The number of ether oxygens (including phenoxy) is 1. The summed E-state index contributed by atoms with van der Waals surface area (Å²) in [6.07, 6.45) is 0.728. The summed E-state index contributed by atoms with van der Waals surface area (Å²) in [7, 11) is -2.12. The molecule has 0 saturated heterocycles. The maximum atomic E-state index is 12.4. The summed E-state index contributed by atoms with van der Waals surface area (Å²) in [6.45, 7) is 3.40. The van der Waals surface area contributed by atoms with Crippen molar-refractivity contribution >= 4 is 21.5 Å². The van der Waals surface area contributed by atoms with Crippen LogP contribution in [0.2, 0.25) is 0 Å². The Kier molecular flexibility index (Phi) is 5.05. The van der Waals surface area contributed by atoms with Crippen LogP contribution in [0.15, 0.2) is 47.4 Å². The number of Topliss-reactive ketones (excluding diaryl/α,β-unsaturated/α-hetero) is 1. The van der Waals surface area contributed by atoms with Gasteiger partial charge in [0.2, 0.25) is 0 Å². The lowest BCUT2D eigenvalue weighted by Gasteiger charge is -2.12. The van der Waals surface area contributed by atoms with E-state index in [1.807, 2.05) is 6.92 Å². The molecule has 122 valence electrons. The van der Waals surface area contributed by atoms with Crippen LogP contribution in [0.3, 0.4) is 0 Å². The van der Waals surface area contributed by atoms with Crippen molar-refractivity contribution < 1.29 is 17.9 Å². The van der Waals surface area contributed by atoms with Gasteiger partial charge in [0.15, 0.2) is 5.78 Å². The normalized spacial score (nSPS) is 11.1. The number of aryl methyl sites for hydroxylation is 1. The van der Waals surface area contributed by atoms with Crippen molar-refractivity contribution in [2.45, 2.75) is 25.2 Å². The fourth-order valence-electron chi connectivity index (χ4n) is 2.20. The van der Waals surface area contributed by atoms with Crippen molar-refractivity contribution in [2.75, 3.05) is 11.8 Å². The number of ketones is 1. The van der Waals surface area contributed by atoms with Gasteiger partial charge in [-0.15, -0.1) is 0 Å². The molecular weight excluding hydrogens is 314 g/mol. The van der Waals surface area contributed by atoms with Gasteiger partial charge < -0.3 is 4.74 Å². The van der Waals surface area contributed by atoms with Gasteiger partial charge in [0.25, 0.3) is 10.0 Å². The Labute approximate surface area is 136 Å². The molecule has 0 radical (unpaired) electrons. The molecule has 0 heterocycles. The van der Waals surface area contributed by atoms with Gasteiger partial charge in [-0.3, -0.25) is 9.52 Å². The molecule has 0 bridgehead atoms. The van der Waals surface area contributed by atoms with Crippen LogP contribution in [-0.2, 0) is 16.4 Å². The second-order valence-electron chi connectivity index (χ2n) is 5.07. The summed E-state index contributed by atoms with van der Waals surface area (Å²) in [5, 5.41) is 0. The Morgan fingerprint density at radius 2 is 1.78 bits per heavy atom. The summed E-state index contributed by atoms with van der Waals surface area (Å²) < 4.78 is 32.6. The molecule has 0 aliphatic carbocycles. The van der Waals surface area contributed by atoms with Crippen LogP contribution in [-0.4, -0.2) is 21.3 Å². The first kappa shape index (κ1) is 17.0. The Morgan fingerprint density at radius 3 is 2.30 bits per heavy atom. The smallest absolute Gasteiger partial charge is 0.261 e. The lowest BCUT2D eigenvalue weighted by atomic mass is 10.1. The van der Waals surface area contributed by atoms with E-state index in [-0.39, 0.29) is 10.7 Å². The first-order valence-electron chi connectivity index (χ1n) is 7.18. The zero-order valence-corrected chi connectivity index (χ0v) is 14.1. The predicted octanol–water partition coefficient (Wildman–Crippen LogP) is 3.26. The summed E-state index contributed by atoms with van der Waals surface area (Å²) in [4.78, 5) is 11.4. The van der Waals surface area contributed by atoms with Crippen molar-refractivity contribution in [3.8, 4) is 5.75 Å². The van der Waals surface area contributed by atoms with Crippen molar-refractivity contribution in [1.82, 2.24) is 0 Å². The van der Waals surface area contributed by atoms with Gasteiger partial charge in [-0.05, 0) is 49.2 Å². The number of sulfonamides is 1. The second kappa shape index (κ2) is 6.83. The lowest BCUT2D eigenvalue weighted by molar-refractivity contribution is 0.101. The fraction of sp³-hybridized carbons (Fsp3) is 0.235. The summed E-state index contributed by atoms with van der Waals surface area (Å²) in [6, 6.07) is 11.0. The quantitative estimate of drug-likeness (QED) is 0.824. The molecule has 0 aliphatic rings. The average molecular weight is 333 g/mol. The van der Waals surface area contributed by atoms with Crippen LogP contribution in [0.5, 0.6) is 5.75 Å². The number of carbonyl (C=O) groups is 1. The van der Waals surface area contributed by atoms with Crippen LogP contribution in [0.1, 0.15) is 29.8 Å². The molecule has 0 aliphatic heterocycles. The van der Waals surface area contributed by atoms with Gasteiger partial charge in [0, 0.05) is 11.3 Å². The third-order valence-electron chi connectivity index (χ3n) is 3.48. The van der Waals surface area contributed by atoms with E-state index in [4.69, 9.17) is 4.74 Å². The fourth-order valence-corrected chi connectivity index (χ4v) is 3.25. The number of hydrogen-bond donors (Lipinski definition) is 1. The number of carbonyl (C=O) groups excluding carboxylic acids is 1. The highest BCUT2D eigenvalue weighted by molar-refractivity contribution is 7.92. The number of anilines is 1. The molecule has 2 aromatic carbocycles. The number of rotatable bonds is 6. The van der Waals surface area contributed by atoms with E-state index >= 15 is 0 Å². The standard InChI is InChI=1S/C17H19NO4S/c1-4-13-11-15(7-10-17(13)22-3)18-23(20,21)16-8-5-14(6-9-16)12(2)19/h5-11,18H,4H2,1-3H3. The van der Waals surface area contributed by atoms with E-state index in [0.29, 0.717) is 11.3 Å². The van der Waals surface area contributed by atoms with Crippen molar-refractivity contribution in [1.29, 1.82) is 0 Å². The maximum absolute atomic E-state index is 12.4. The molecule has 0 atom stereocenters. The molecule has 0 aromatic heterocycles. The van der Waals surface area contributed by atoms with Crippen LogP contribution < -0.4 is 9.46 Å². The first-order valence-corrected chi connectivity index (χ1v) is 8.66. The monoisotopic (exact) mass is 333 g/mol. The van der Waals surface area contributed by atoms with Crippen LogP contribution in [0.4, 0.5) is 5.69 Å². The van der Waals surface area contributed by atoms with E-state index in [2.05, 4.69) is 4.72 Å². The number of methoxy groups -OCH3 is 1. The summed E-state index contributed by atoms with van der Waals surface area (Å²) >= 11 is 0. The Bertz CT molecular complexity index is 811. The van der Waals surface area contributed by atoms with E-state index < -0.39 is 10.0 Å². The summed E-state index contributed by atoms with van der Waals surface area (Å²) in [5.74, 6) is 0.617. The van der Waals surface area contributed by atoms with Gasteiger partial charge in [-0.25, -0.2) is 8.42 Å². The molecule has 23 heavy (non-hydrogen) atoms. The highest BCUT2D eigenvalue weighted by atomic mass is 32.2. The molecule has 0 unspecified atom stereocenters. The van der Waals surface area contributed by atoms with Gasteiger partial charge in [0.05, 0.1) is 12.0 Å². The lowest BCUT2D eigenvalue weighted by Crippen LogP contribution is -2.13. The highest BCUT2D eigenvalue weighted by Gasteiger charge is 2.15. The maximum Gasteiger partial charge on any atom is 0.261 e. The topological polar surface area (TPSA) is 72.5 Å². The summed E-state index contributed by atoms with van der Waals surface area (Å²) in [5.41, 5.74) is 1.86. The molecule has 2 rings (SSSR count). The zero-order chi connectivity index (χ0) is 17.0. The first-order chi connectivity index (χ1) is 10.9. The van der Waals surface area contributed by atoms with Crippen molar-refractivity contribution in [3.63, 3.8) is 0 Å². The van der Waals surface area contributed by atoms with Gasteiger partial charge >= 0.3 is 0 Å². The van der Waals surface area contributed by atoms with E-state index in [0.717, 1.165) is 17.7 Å². The van der Waals surface area contributed by atoms with Crippen LogP contribution in [0.25, 0.3) is 0 Å². The minimum atomic E-state index is -3.70. The van der Waals surface area contributed by atoms with Gasteiger partial charge in [-0.2, -0.15) is 0 Å². The number of hydrogen-bond acceptors (Lipinski definition) is 4. The van der Waals surface area contributed by atoms with Crippen molar-refractivity contribution in [3.05, 3.63) is 53.6 Å². The number of nitrogens with one attached hydrogen (secondary N) is 1. The third-order valence-corrected chi connectivity index (χ3v) is 4.88. The van der Waals surface area contributed by atoms with E-state index in [1.54, 1.807) is 25.3 Å². The van der Waals surface area contributed by atoms with E-state index in [9.17, 15) is 13.2 Å². The Balaban J connectivity index is 2.29. The Morgan fingerprint density at radius 1 is 1.13 bits per heavy atom. The average Bonchev–Trinajstić information content (AvgIpc) is 2.54.